The van der Waals surface area contributed by atoms with Gasteiger partial charge in [0.25, 0.3) is 0 Å². The summed E-state index contributed by atoms with van der Waals surface area (Å²) in [4.78, 5) is 5.08. The molecule has 0 aliphatic heterocycles. The van der Waals surface area contributed by atoms with Crippen molar-refractivity contribution in [2.75, 3.05) is 5.75 Å². The molecule has 0 bridgehead atoms. The Morgan fingerprint density at radius 1 is 0.917 bits per heavy atom. The summed E-state index contributed by atoms with van der Waals surface area (Å²) in [7, 11) is -3.61. The van der Waals surface area contributed by atoms with Crippen LogP contribution in [0.3, 0.4) is 0 Å². The van der Waals surface area contributed by atoms with Crippen molar-refractivity contribution >= 4 is 10.1 Å². The Morgan fingerprint density at radius 3 is 2.21 bits per heavy atom. The van der Waals surface area contributed by atoms with Crippen LogP contribution in [0.2, 0.25) is 0 Å². The van der Waals surface area contributed by atoms with Crippen LogP contribution in [0.5, 0.6) is 5.75 Å². The van der Waals surface area contributed by atoms with Gasteiger partial charge in [-0.2, -0.15) is 8.42 Å². The Labute approximate surface area is 171 Å². The van der Waals surface area contributed by atoms with Gasteiger partial charge in [0.2, 0.25) is 0 Å². The van der Waals surface area contributed by atoms with E-state index in [0.29, 0.717) is 12.2 Å². The van der Waals surface area contributed by atoms with E-state index in [-0.39, 0.29) is 36.7 Å². The summed E-state index contributed by atoms with van der Waals surface area (Å²) in [5, 5.41) is 0. The van der Waals surface area contributed by atoms with E-state index in [1.165, 1.54) is 38.5 Å². The molecule has 1 aromatic rings. The summed E-state index contributed by atoms with van der Waals surface area (Å²) < 4.78 is 27.7. The number of para-hydroxylation sites is 1. The second-order valence-corrected chi connectivity index (χ2v) is 7.55. The van der Waals surface area contributed by atoms with E-state index >= 15 is 0 Å². The predicted octanol–water partition coefficient (Wildman–Crippen LogP) is 2.15. The van der Waals surface area contributed by atoms with Crippen LogP contribution >= 0.6 is 0 Å². The van der Waals surface area contributed by atoms with Gasteiger partial charge < -0.3 is 6.31 Å². The van der Waals surface area contributed by atoms with Crippen LogP contribution in [0.4, 0.5) is 0 Å². The van der Waals surface area contributed by atoms with E-state index < -0.39 is 10.1 Å². The van der Waals surface area contributed by atoms with Gasteiger partial charge >= 0.3 is 39.7 Å². The second kappa shape index (κ2) is 14.1. The third-order valence-corrected chi connectivity index (χ3v) is 4.89. The van der Waals surface area contributed by atoms with E-state index in [2.05, 4.69) is 11.3 Å². The minimum atomic E-state index is -3.61. The summed E-state index contributed by atoms with van der Waals surface area (Å²) in [6.07, 6.45) is 10.1. The quantitative estimate of drug-likeness (QED) is 0.232. The van der Waals surface area contributed by atoms with Crippen LogP contribution in [0.1, 0.15) is 72.2 Å². The van der Waals surface area contributed by atoms with Gasteiger partial charge in [-0.1, -0.05) is 74.9 Å². The van der Waals surface area contributed by atoms with Crippen molar-refractivity contribution in [1.29, 1.82) is 0 Å². The number of benzene rings is 1. The van der Waals surface area contributed by atoms with Gasteiger partial charge in [0.1, 0.15) is 0 Å². The molecule has 0 spiro atoms. The number of unbranched alkanes of at least 4 members (excludes halogenated alkanes) is 6. The van der Waals surface area contributed by atoms with Crippen LogP contribution in [0.25, 0.3) is 0 Å². The maximum Gasteiger partial charge on any atom is 1.00 e. The predicted molar refractivity (Wildman–Crippen MR) is 95.0 cm³/mol. The van der Waals surface area contributed by atoms with Crippen molar-refractivity contribution < 1.29 is 48.6 Å². The summed E-state index contributed by atoms with van der Waals surface area (Å²) in [5.74, 6) is 0.464. The molecule has 0 aliphatic carbocycles. The molecule has 24 heavy (non-hydrogen) atoms. The Morgan fingerprint density at radius 2 is 1.54 bits per heavy atom. The van der Waals surface area contributed by atoms with E-state index in [9.17, 15) is 8.42 Å². The molecule has 0 saturated carbocycles. The minimum absolute atomic E-state index is 0. The first-order chi connectivity index (χ1) is 11.1. The van der Waals surface area contributed by atoms with Gasteiger partial charge in [-0.3, -0.25) is 0 Å². The molecule has 4 nitrogen and oxygen atoms in total. The molecule has 0 unspecified atom stereocenters. The summed E-state index contributed by atoms with van der Waals surface area (Å²) >= 11 is 0. The van der Waals surface area contributed by atoms with Crippen molar-refractivity contribution in [3.05, 3.63) is 29.8 Å². The van der Waals surface area contributed by atoms with Gasteiger partial charge in [-0.25, -0.2) is 0 Å². The van der Waals surface area contributed by atoms with Crippen LogP contribution in [-0.2, 0) is 20.9 Å². The molecule has 0 atom stereocenters. The second-order valence-electron chi connectivity index (χ2n) is 5.89. The van der Waals surface area contributed by atoms with Crippen molar-refractivity contribution in [2.45, 2.75) is 71.6 Å². The number of rotatable bonds is 13. The molecule has 134 valence electrons. The maximum atomic E-state index is 11.6. The van der Waals surface area contributed by atoms with Crippen molar-refractivity contribution in [3.63, 3.8) is 0 Å². The summed E-state index contributed by atoms with van der Waals surface area (Å²) in [5.41, 5.74) is 0.993. The fraction of sp³-hybridized carbons (Fsp3) is 0.667. The number of hydrogen-bond donors (Lipinski definition) is 0. The molecule has 0 aliphatic rings. The first kappa shape index (κ1) is 23.9. The molecule has 0 N–H and O–H groups in total. The van der Waals surface area contributed by atoms with Crippen LogP contribution in [0.15, 0.2) is 24.3 Å². The molecule has 0 radical (unpaired) electrons. The molecule has 6 heteroatoms. The van der Waals surface area contributed by atoms with Crippen LogP contribution < -0.4 is 34.4 Å². The van der Waals surface area contributed by atoms with E-state index in [1.54, 1.807) is 13.0 Å². The largest absolute Gasteiger partial charge is 1.00 e. The normalized spacial score (nSPS) is 11.1. The Bertz CT molecular complexity index is 538. The van der Waals surface area contributed by atoms with E-state index in [4.69, 9.17) is 4.89 Å². The number of hydrogen-bond acceptors (Lipinski definition) is 4. The average Bonchev–Trinajstić information content (AvgIpc) is 2.53. The first-order valence-corrected chi connectivity index (χ1v) is 10.3. The van der Waals surface area contributed by atoms with Crippen molar-refractivity contribution in [1.82, 2.24) is 0 Å². The molecule has 0 amide bonds. The number of aryl methyl sites for hydroxylation is 1. The molecular formula is C18H31NaO4S. The fourth-order valence-electron chi connectivity index (χ4n) is 2.44. The minimum Gasteiger partial charge on any atom is -1.00 e. The zero-order chi connectivity index (χ0) is 17.0. The Balaban J connectivity index is 0. The summed E-state index contributed by atoms with van der Waals surface area (Å²) in [6, 6.07) is 7.46. The van der Waals surface area contributed by atoms with Gasteiger partial charge in [-0.05, 0) is 30.9 Å². The molecule has 0 heterocycles. The SMILES string of the molecule is CCCCCCCCCc1ccccc1OOS(=O)(=O)CCC.[H-].[Na+]. The zero-order valence-electron chi connectivity index (χ0n) is 16.4. The molecule has 1 aromatic carbocycles. The molecule has 0 fully saturated rings. The molecule has 0 aromatic heterocycles. The van der Waals surface area contributed by atoms with Gasteiger partial charge in [0, 0.05) is 0 Å². The van der Waals surface area contributed by atoms with E-state index in [1.807, 2.05) is 18.2 Å². The van der Waals surface area contributed by atoms with Gasteiger partial charge in [0.15, 0.2) is 5.75 Å². The third kappa shape index (κ3) is 10.7. The van der Waals surface area contributed by atoms with Crippen LogP contribution in [-0.4, -0.2) is 14.2 Å². The fourth-order valence-corrected chi connectivity index (χ4v) is 3.18. The topological polar surface area (TPSA) is 52.6 Å². The van der Waals surface area contributed by atoms with Crippen molar-refractivity contribution in [2.24, 2.45) is 0 Å². The van der Waals surface area contributed by atoms with Crippen LogP contribution in [0, 0.1) is 0 Å². The Kier molecular flexibility index (Phi) is 14.1. The molecular weight excluding hydrogens is 335 g/mol. The standard InChI is InChI=1S/C18H30O4S.Na.H/c1-3-5-6-7-8-9-10-13-17-14-11-12-15-18(17)21-22-23(19,20)16-4-2;;/h11-12,14-15H,3-10,13,16H2,1-2H3;;/q;+1;-1. The molecule has 0 saturated heterocycles. The van der Waals surface area contributed by atoms with E-state index in [0.717, 1.165) is 18.4 Å². The Hall–Kier alpha value is -0.0700. The molecule has 1 rings (SSSR count). The maximum absolute atomic E-state index is 11.6. The van der Waals surface area contributed by atoms with Gasteiger partial charge in [-0.15, -0.1) is 0 Å². The average molecular weight is 366 g/mol. The third-order valence-electron chi connectivity index (χ3n) is 3.70. The van der Waals surface area contributed by atoms with Crippen molar-refractivity contribution in [3.8, 4) is 5.75 Å². The van der Waals surface area contributed by atoms with Gasteiger partial charge in [0.05, 0.1) is 5.75 Å². The smallest absolute Gasteiger partial charge is 1.00 e. The first-order valence-electron chi connectivity index (χ1n) is 8.75. The monoisotopic (exact) mass is 366 g/mol. The summed E-state index contributed by atoms with van der Waals surface area (Å²) in [6.45, 7) is 4.01. The zero-order valence-corrected chi connectivity index (χ0v) is 18.2.